The van der Waals surface area contributed by atoms with Crippen LogP contribution in [0.4, 0.5) is 10.3 Å². The van der Waals surface area contributed by atoms with Crippen LogP contribution in [0, 0.1) is 6.92 Å². The van der Waals surface area contributed by atoms with Gasteiger partial charge in [-0.05, 0) is 26.0 Å². The normalized spacial score (nSPS) is 10.7. The summed E-state index contributed by atoms with van der Waals surface area (Å²) in [6.45, 7) is 3.92. The van der Waals surface area contributed by atoms with Gasteiger partial charge >= 0.3 is 5.97 Å². The second kappa shape index (κ2) is 6.51. The number of methoxy groups -OCH3 is 1. The summed E-state index contributed by atoms with van der Waals surface area (Å²) >= 11 is 2.78. The number of aromatic nitrogens is 2. The van der Waals surface area contributed by atoms with Gasteiger partial charge in [0.05, 0.1) is 29.6 Å². The van der Waals surface area contributed by atoms with Gasteiger partial charge in [-0.2, -0.15) is 0 Å². The van der Waals surface area contributed by atoms with E-state index in [1.807, 2.05) is 18.2 Å². The second-order valence-electron chi connectivity index (χ2n) is 4.63. The molecule has 2 aromatic heterocycles. The van der Waals surface area contributed by atoms with Gasteiger partial charge in [0.15, 0.2) is 10.3 Å². The minimum Gasteiger partial charge on any atom is -0.497 e. The Morgan fingerprint density at radius 2 is 2.04 bits per heavy atom. The summed E-state index contributed by atoms with van der Waals surface area (Å²) in [5.41, 5.74) is 1.51. The molecule has 0 aliphatic heterocycles. The third-order valence-electron chi connectivity index (χ3n) is 3.07. The highest BCUT2D eigenvalue weighted by atomic mass is 32.1. The smallest absolute Gasteiger partial charge is 0.350 e. The first kappa shape index (κ1) is 15.7. The van der Waals surface area contributed by atoms with Gasteiger partial charge in [0, 0.05) is 6.07 Å². The molecule has 0 atom stereocenters. The molecule has 3 aromatic rings. The summed E-state index contributed by atoms with van der Waals surface area (Å²) in [6, 6.07) is 5.75. The Kier molecular flexibility index (Phi) is 4.44. The molecule has 0 unspecified atom stereocenters. The minimum absolute atomic E-state index is 0.343. The molecule has 120 valence electrons. The average Bonchev–Trinajstić information content (AvgIpc) is 3.09. The number of nitrogens with one attached hydrogen (secondary N) is 1. The van der Waals surface area contributed by atoms with Crippen LogP contribution in [0.2, 0.25) is 0 Å². The molecule has 0 fully saturated rings. The molecule has 1 N–H and O–H groups in total. The molecule has 23 heavy (non-hydrogen) atoms. The number of carbonyl (C=O) groups is 1. The molecule has 0 aliphatic rings. The number of thiazole rings is 2. The van der Waals surface area contributed by atoms with Crippen LogP contribution in [0.25, 0.3) is 10.2 Å². The second-order valence-corrected chi connectivity index (χ2v) is 6.66. The Hall–Kier alpha value is -2.19. The van der Waals surface area contributed by atoms with Crippen molar-refractivity contribution in [3.63, 3.8) is 0 Å². The monoisotopic (exact) mass is 349 g/mol. The molecule has 0 saturated carbocycles. The van der Waals surface area contributed by atoms with Crippen LogP contribution in [0.15, 0.2) is 18.2 Å². The lowest BCUT2D eigenvalue weighted by Gasteiger charge is -1.97. The standard InChI is InChI=1S/C15H15N3O3S2/c1-4-21-13(19)12-8(2)16-14(23-12)18-15-17-10-7-9(20-3)5-6-11(10)22-15/h5-7H,4H2,1-3H3,(H,16,17,18). The summed E-state index contributed by atoms with van der Waals surface area (Å²) in [7, 11) is 1.63. The number of esters is 1. The maximum atomic E-state index is 11.8. The van der Waals surface area contributed by atoms with Crippen molar-refractivity contribution in [2.24, 2.45) is 0 Å². The summed E-state index contributed by atoms with van der Waals surface area (Å²) < 4.78 is 11.3. The van der Waals surface area contributed by atoms with Crippen molar-refractivity contribution in [3.05, 3.63) is 28.8 Å². The number of fused-ring (bicyclic) bond motifs is 1. The zero-order valence-electron chi connectivity index (χ0n) is 12.9. The van der Waals surface area contributed by atoms with Crippen molar-refractivity contribution >= 4 is 49.1 Å². The highest BCUT2D eigenvalue weighted by Crippen LogP contribution is 2.32. The van der Waals surface area contributed by atoms with Crippen molar-refractivity contribution in [1.82, 2.24) is 9.97 Å². The number of anilines is 2. The van der Waals surface area contributed by atoms with E-state index in [-0.39, 0.29) is 5.97 Å². The molecule has 0 radical (unpaired) electrons. The lowest BCUT2D eigenvalue weighted by atomic mass is 10.3. The topological polar surface area (TPSA) is 73.3 Å². The van der Waals surface area contributed by atoms with Crippen LogP contribution >= 0.6 is 22.7 Å². The fourth-order valence-electron chi connectivity index (χ4n) is 2.02. The van der Waals surface area contributed by atoms with E-state index in [1.54, 1.807) is 21.0 Å². The van der Waals surface area contributed by atoms with Crippen molar-refractivity contribution in [3.8, 4) is 5.75 Å². The minimum atomic E-state index is -0.343. The average molecular weight is 349 g/mol. The van der Waals surface area contributed by atoms with Gasteiger partial charge in [0.2, 0.25) is 0 Å². The maximum absolute atomic E-state index is 11.8. The largest absolute Gasteiger partial charge is 0.497 e. The third-order valence-corrected chi connectivity index (χ3v) is 5.07. The van der Waals surface area contributed by atoms with E-state index in [4.69, 9.17) is 9.47 Å². The van der Waals surface area contributed by atoms with E-state index in [1.165, 1.54) is 22.7 Å². The Labute approximate surface area is 141 Å². The van der Waals surface area contributed by atoms with Crippen molar-refractivity contribution in [1.29, 1.82) is 0 Å². The summed E-state index contributed by atoms with van der Waals surface area (Å²) in [5.74, 6) is 0.425. The van der Waals surface area contributed by atoms with E-state index >= 15 is 0 Å². The number of benzene rings is 1. The predicted molar refractivity (Wildman–Crippen MR) is 92.3 cm³/mol. The molecule has 2 heterocycles. The van der Waals surface area contributed by atoms with Crippen LogP contribution in [0.1, 0.15) is 22.3 Å². The number of carbonyl (C=O) groups excluding carboxylic acids is 1. The van der Waals surface area contributed by atoms with Gasteiger partial charge in [-0.1, -0.05) is 22.7 Å². The first-order chi connectivity index (χ1) is 11.1. The maximum Gasteiger partial charge on any atom is 0.350 e. The highest BCUT2D eigenvalue weighted by molar-refractivity contribution is 7.23. The molecular weight excluding hydrogens is 334 g/mol. The molecule has 6 nitrogen and oxygen atoms in total. The van der Waals surface area contributed by atoms with Crippen molar-refractivity contribution in [2.75, 3.05) is 19.0 Å². The predicted octanol–water partition coefficient (Wildman–Crippen LogP) is 3.99. The van der Waals surface area contributed by atoms with Crippen molar-refractivity contribution < 1.29 is 14.3 Å². The van der Waals surface area contributed by atoms with Crippen LogP contribution in [-0.4, -0.2) is 29.7 Å². The highest BCUT2D eigenvalue weighted by Gasteiger charge is 2.17. The van der Waals surface area contributed by atoms with E-state index in [2.05, 4.69) is 15.3 Å². The lowest BCUT2D eigenvalue weighted by Crippen LogP contribution is -2.03. The van der Waals surface area contributed by atoms with Crippen LogP contribution < -0.4 is 10.1 Å². The third kappa shape index (κ3) is 3.27. The quantitative estimate of drug-likeness (QED) is 0.702. The zero-order chi connectivity index (χ0) is 16.4. The SMILES string of the molecule is CCOC(=O)c1sc(Nc2nc3cc(OC)ccc3s2)nc1C. The summed E-state index contributed by atoms with van der Waals surface area (Å²) in [5, 5.41) is 4.50. The molecule has 0 spiro atoms. The van der Waals surface area contributed by atoms with Crippen molar-refractivity contribution in [2.45, 2.75) is 13.8 Å². The molecular formula is C15H15N3O3S2. The van der Waals surface area contributed by atoms with Gasteiger partial charge < -0.3 is 14.8 Å². The fourth-order valence-corrected chi connectivity index (χ4v) is 3.78. The lowest BCUT2D eigenvalue weighted by molar-refractivity contribution is 0.0531. The summed E-state index contributed by atoms with van der Waals surface area (Å²) in [4.78, 5) is 21.2. The number of ether oxygens (including phenoxy) is 2. The van der Waals surface area contributed by atoms with Gasteiger partial charge in [-0.3, -0.25) is 0 Å². The van der Waals surface area contributed by atoms with Gasteiger partial charge in [0.25, 0.3) is 0 Å². The molecule has 3 rings (SSSR count). The summed E-state index contributed by atoms with van der Waals surface area (Å²) in [6.07, 6.45) is 0. The van der Waals surface area contributed by atoms with Gasteiger partial charge in [-0.15, -0.1) is 0 Å². The Bertz CT molecular complexity index is 857. The molecule has 0 bridgehead atoms. The number of rotatable bonds is 5. The number of hydrogen-bond acceptors (Lipinski definition) is 8. The van der Waals surface area contributed by atoms with E-state index in [0.29, 0.717) is 22.3 Å². The Morgan fingerprint density at radius 1 is 1.26 bits per heavy atom. The zero-order valence-corrected chi connectivity index (χ0v) is 14.5. The van der Waals surface area contributed by atoms with Gasteiger partial charge in [-0.25, -0.2) is 14.8 Å². The fraction of sp³-hybridized carbons (Fsp3) is 0.267. The first-order valence-corrected chi connectivity index (χ1v) is 8.60. The first-order valence-electron chi connectivity index (χ1n) is 6.97. The van der Waals surface area contributed by atoms with Crippen LogP contribution in [-0.2, 0) is 4.74 Å². The van der Waals surface area contributed by atoms with Crippen LogP contribution in [0.3, 0.4) is 0 Å². The van der Waals surface area contributed by atoms with E-state index in [0.717, 1.165) is 21.1 Å². The molecule has 0 amide bonds. The molecule has 0 saturated heterocycles. The molecule has 8 heteroatoms. The number of aryl methyl sites for hydroxylation is 1. The number of nitrogens with zero attached hydrogens (tertiary/aromatic N) is 2. The number of hydrogen-bond donors (Lipinski definition) is 1. The molecule has 1 aromatic carbocycles. The van der Waals surface area contributed by atoms with Gasteiger partial charge in [0.1, 0.15) is 10.6 Å². The Morgan fingerprint density at radius 3 is 2.78 bits per heavy atom. The van der Waals surface area contributed by atoms with E-state index < -0.39 is 0 Å². The van der Waals surface area contributed by atoms with Crippen LogP contribution in [0.5, 0.6) is 5.75 Å². The van der Waals surface area contributed by atoms with E-state index in [9.17, 15) is 4.79 Å². The molecule has 0 aliphatic carbocycles. The Balaban J connectivity index is 1.84.